The van der Waals surface area contributed by atoms with Gasteiger partial charge in [0.25, 0.3) is 0 Å². The molecule has 0 aliphatic heterocycles. The summed E-state index contributed by atoms with van der Waals surface area (Å²) in [4.78, 5) is 0. The number of halogens is 3. The molecular formula is C19H21F3N2. The first-order valence-electron chi connectivity index (χ1n) is 7.29. The molecule has 2 aromatic carbocycles. The first-order valence-corrected chi connectivity index (χ1v) is 7.29. The van der Waals surface area contributed by atoms with Crippen LogP contribution in [0.3, 0.4) is 0 Å². The molecule has 5 heteroatoms. The summed E-state index contributed by atoms with van der Waals surface area (Å²) >= 11 is 0. The average Bonchev–Trinajstić information content (AvgIpc) is 3.01. The van der Waals surface area contributed by atoms with Crippen LogP contribution in [0.2, 0.25) is 0 Å². The summed E-state index contributed by atoms with van der Waals surface area (Å²) in [5, 5.41) is 3.96. The van der Waals surface area contributed by atoms with E-state index in [1.54, 1.807) is 4.68 Å². The van der Waals surface area contributed by atoms with E-state index in [0.717, 1.165) is 16.9 Å². The van der Waals surface area contributed by atoms with Crippen LogP contribution in [-0.2, 0) is 0 Å². The van der Waals surface area contributed by atoms with E-state index in [1.807, 2.05) is 62.4 Å². The van der Waals surface area contributed by atoms with Crippen molar-refractivity contribution in [2.24, 2.45) is 0 Å². The minimum absolute atomic E-state index is 0.471. The first-order chi connectivity index (χ1) is 11.6. The molecule has 0 bridgehead atoms. The summed E-state index contributed by atoms with van der Waals surface area (Å²) in [5.41, 5.74) is 4.91. The second-order valence-electron chi connectivity index (χ2n) is 4.97. The van der Waals surface area contributed by atoms with Gasteiger partial charge in [-0.05, 0) is 26.0 Å². The molecule has 0 amide bonds. The zero-order chi connectivity index (χ0) is 18.1. The Kier molecular flexibility index (Phi) is 7.75. The molecule has 0 aliphatic rings. The van der Waals surface area contributed by atoms with Gasteiger partial charge in [0.05, 0.1) is 25.7 Å². The van der Waals surface area contributed by atoms with Crippen molar-refractivity contribution >= 4 is 0 Å². The van der Waals surface area contributed by atoms with E-state index in [9.17, 15) is 13.2 Å². The lowest BCUT2D eigenvalue weighted by Crippen LogP contribution is -1.99. The van der Waals surface area contributed by atoms with Gasteiger partial charge in [-0.1, -0.05) is 47.5 Å². The molecule has 1 heterocycles. The molecule has 0 fully saturated rings. The molecule has 3 rings (SSSR count). The lowest BCUT2D eigenvalue weighted by Gasteiger charge is -2.08. The third-order valence-corrected chi connectivity index (χ3v) is 3.31. The van der Waals surface area contributed by atoms with E-state index in [0.29, 0.717) is 14.4 Å². The lowest BCUT2D eigenvalue weighted by molar-refractivity contribution is 0.566. The number of hydrogen-bond acceptors (Lipinski definition) is 1. The van der Waals surface area contributed by atoms with Crippen LogP contribution in [0.15, 0.2) is 54.6 Å². The van der Waals surface area contributed by atoms with Crippen LogP contribution in [0.25, 0.3) is 16.9 Å². The van der Waals surface area contributed by atoms with Crippen LogP contribution in [0.5, 0.6) is 0 Å². The molecule has 0 unspecified atom stereocenters. The highest BCUT2D eigenvalue weighted by atomic mass is 19.1. The third kappa shape index (κ3) is 4.72. The van der Waals surface area contributed by atoms with E-state index in [1.165, 1.54) is 17.2 Å². The van der Waals surface area contributed by atoms with Crippen molar-refractivity contribution in [3.63, 3.8) is 0 Å². The van der Waals surface area contributed by atoms with Crippen LogP contribution in [-0.4, -0.2) is 24.1 Å². The zero-order valence-electron chi connectivity index (χ0n) is 14.2. The number of benzene rings is 2. The van der Waals surface area contributed by atoms with Crippen molar-refractivity contribution in [3.8, 4) is 16.9 Å². The molecule has 0 atom stereocenters. The lowest BCUT2D eigenvalue weighted by atomic mass is 10.1. The minimum atomic E-state index is -0.471. The second-order valence-corrected chi connectivity index (χ2v) is 4.97. The standard InChI is InChI=1S/C17H15FN2.2CH3F/c1-12-3-7-14(8-4-12)16-11-17(18)19-20(16)15-9-5-13(2)6-10-15;2*1-2/h3-11H,1-2H3;2*1H3. The van der Waals surface area contributed by atoms with Gasteiger partial charge < -0.3 is 0 Å². The van der Waals surface area contributed by atoms with Crippen molar-refractivity contribution in [3.05, 3.63) is 71.7 Å². The van der Waals surface area contributed by atoms with Gasteiger partial charge >= 0.3 is 0 Å². The van der Waals surface area contributed by atoms with E-state index in [-0.39, 0.29) is 0 Å². The number of hydrogen-bond donors (Lipinski definition) is 0. The maximum absolute atomic E-state index is 13.6. The SMILES string of the molecule is CF.CF.Cc1ccc(-c2cc(F)nn2-c2ccc(C)cc2)cc1. The summed E-state index contributed by atoms with van der Waals surface area (Å²) in [6.07, 6.45) is 0. The highest BCUT2D eigenvalue weighted by Gasteiger charge is 2.11. The smallest absolute Gasteiger partial charge is 0.233 e. The second kappa shape index (κ2) is 9.55. The van der Waals surface area contributed by atoms with E-state index < -0.39 is 5.95 Å². The molecular weight excluding hydrogens is 313 g/mol. The van der Waals surface area contributed by atoms with Crippen molar-refractivity contribution in [1.29, 1.82) is 0 Å². The van der Waals surface area contributed by atoms with Gasteiger partial charge in [-0.2, -0.15) is 4.39 Å². The molecule has 0 saturated carbocycles. The van der Waals surface area contributed by atoms with Crippen molar-refractivity contribution in [2.75, 3.05) is 14.4 Å². The Bertz CT molecular complexity index is 669. The molecule has 3 aromatic rings. The van der Waals surface area contributed by atoms with E-state index >= 15 is 0 Å². The molecule has 128 valence electrons. The molecule has 2 nitrogen and oxygen atoms in total. The highest BCUT2D eigenvalue weighted by molar-refractivity contribution is 5.62. The summed E-state index contributed by atoms with van der Waals surface area (Å²) < 4.78 is 34.2. The van der Waals surface area contributed by atoms with Crippen LogP contribution in [0.1, 0.15) is 11.1 Å². The summed E-state index contributed by atoms with van der Waals surface area (Å²) in [5.74, 6) is -0.471. The molecule has 0 aliphatic carbocycles. The monoisotopic (exact) mass is 334 g/mol. The normalized spacial score (nSPS) is 9.46. The predicted octanol–water partition coefficient (Wildman–Crippen LogP) is 5.47. The quantitative estimate of drug-likeness (QED) is 0.608. The summed E-state index contributed by atoms with van der Waals surface area (Å²) in [6, 6.07) is 17.3. The van der Waals surface area contributed by atoms with Crippen LogP contribution in [0.4, 0.5) is 13.2 Å². The number of aromatic nitrogens is 2. The third-order valence-electron chi connectivity index (χ3n) is 3.31. The molecule has 0 radical (unpaired) electrons. The summed E-state index contributed by atoms with van der Waals surface area (Å²) in [6.45, 7) is 4.05. The maximum atomic E-state index is 13.6. The maximum Gasteiger partial charge on any atom is 0.233 e. The van der Waals surface area contributed by atoms with Gasteiger partial charge in [-0.15, -0.1) is 5.10 Å². The predicted molar refractivity (Wildman–Crippen MR) is 92.5 cm³/mol. The number of alkyl halides is 2. The molecule has 24 heavy (non-hydrogen) atoms. The largest absolute Gasteiger partial charge is 0.255 e. The Morgan fingerprint density at radius 3 is 1.71 bits per heavy atom. The Morgan fingerprint density at radius 2 is 1.21 bits per heavy atom. The van der Waals surface area contributed by atoms with Gasteiger partial charge in [-0.25, -0.2) is 4.68 Å². The van der Waals surface area contributed by atoms with E-state index in [4.69, 9.17) is 0 Å². The molecule has 0 spiro atoms. The summed E-state index contributed by atoms with van der Waals surface area (Å²) in [7, 11) is 1.00. The number of nitrogens with zero attached hydrogens (tertiary/aromatic N) is 2. The molecule has 0 N–H and O–H groups in total. The number of rotatable bonds is 2. The van der Waals surface area contributed by atoms with Gasteiger partial charge in [0.1, 0.15) is 0 Å². The van der Waals surface area contributed by atoms with Gasteiger partial charge in [0.15, 0.2) is 0 Å². The van der Waals surface area contributed by atoms with Crippen molar-refractivity contribution in [1.82, 2.24) is 9.78 Å². The molecule has 1 aromatic heterocycles. The Balaban J connectivity index is 0.000000671. The van der Waals surface area contributed by atoms with Gasteiger partial charge in [-0.3, -0.25) is 8.78 Å². The first kappa shape index (κ1) is 19.5. The van der Waals surface area contributed by atoms with Crippen LogP contribution < -0.4 is 0 Å². The minimum Gasteiger partial charge on any atom is -0.255 e. The topological polar surface area (TPSA) is 17.8 Å². The Morgan fingerprint density at radius 1 is 0.750 bits per heavy atom. The highest BCUT2D eigenvalue weighted by Crippen LogP contribution is 2.24. The fraction of sp³-hybridized carbons (Fsp3) is 0.211. The number of aryl methyl sites for hydroxylation is 2. The Labute approximate surface area is 140 Å². The van der Waals surface area contributed by atoms with Crippen LogP contribution >= 0.6 is 0 Å². The van der Waals surface area contributed by atoms with Crippen LogP contribution in [0, 0.1) is 19.8 Å². The molecule has 0 saturated heterocycles. The zero-order valence-corrected chi connectivity index (χ0v) is 14.2. The van der Waals surface area contributed by atoms with E-state index in [2.05, 4.69) is 5.10 Å². The van der Waals surface area contributed by atoms with Crippen molar-refractivity contribution < 1.29 is 13.2 Å². The fourth-order valence-corrected chi connectivity index (χ4v) is 2.16. The fourth-order valence-electron chi connectivity index (χ4n) is 2.16. The van der Waals surface area contributed by atoms with Crippen molar-refractivity contribution in [2.45, 2.75) is 13.8 Å². The Hall–Kier alpha value is -2.56. The van der Waals surface area contributed by atoms with Gasteiger partial charge in [0.2, 0.25) is 5.95 Å². The average molecular weight is 334 g/mol. The van der Waals surface area contributed by atoms with Gasteiger partial charge in [0, 0.05) is 11.6 Å².